The van der Waals surface area contributed by atoms with Crippen LogP contribution in [0.25, 0.3) is 17.3 Å². The number of benzene rings is 1. The van der Waals surface area contributed by atoms with Crippen LogP contribution >= 0.6 is 0 Å². The van der Waals surface area contributed by atoms with Gasteiger partial charge in [-0.15, -0.1) is 5.75 Å². The maximum atomic E-state index is 11.4. The highest BCUT2D eigenvalue weighted by molar-refractivity contribution is 5.91. The van der Waals surface area contributed by atoms with Gasteiger partial charge in [-0.3, -0.25) is 4.68 Å². The van der Waals surface area contributed by atoms with Crippen LogP contribution < -0.4 is 5.11 Å². The van der Waals surface area contributed by atoms with Gasteiger partial charge in [-0.05, 0) is 37.5 Å². The summed E-state index contributed by atoms with van der Waals surface area (Å²) in [6, 6.07) is 8.93. The fourth-order valence-corrected chi connectivity index (χ4v) is 3.21. The van der Waals surface area contributed by atoms with Crippen LogP contribution in [0, 0.1) is 0 Å². The minimum absolute atomic E-state index is 0.0238. The van der Waals surface area contributed by atoms with Crippen molar-refractivity contribution < 1.29 is 15.0 Å². The summed E-state index contributed by atoms with van der Waals surface area (Å²) < 4.78 is 2.01. The van der Waals surface area contributed by atoms with Crippen LogP contribution in [0.1, 0.15) is 50.8 Å². The van der Waals surface area contributed by atoms with E-state index in [1.54, 1.807) is 37.3 Å². The molecule has 1 fully saturated rings. The predicted molar refractivity (Wildman–Crippen MR) is 90.5 cm³/mol. The van der Waals surface area contributed by atoms with E-state index in [1.165, 1.54) is 19.3 Å². The van der Waals surface area contributed by atoms with Gasteiger partial charge in [0.1, 0.15) is 0 Å². The first-order valence-electron chi connectivity index (χ1n) is 8.33. The Kier molecular flexibility index (Phi) is 4.69. The highest BCUT2D eigenvalue weighted by Crippen LogP contribution is 2.33. The summed E-state index contributed by atoms with van der Waals surface area (Å²) in [5.74, 6) is -0.969. The van der Waals surface area contributed by atoms with Crippen molar-refractivity contribution in [3.8, 4) is 17.0 Å². The van der Waals surface area contributed by atoms with Gasteiger partial charge in [0.15, 0.2) is 0 Å². The Balaban J connectivity index is 2.03. The Morgan fingerprint density at radius 3 is 2.54 bits per heavy atom. The summed E-state index contributed by atoms with van der Waals surface area (Å²) in [6.45, 7) is 1.56. The van der Waals surface area contributed by atoms with Gasteiger partial charge in [0, 0.05) is 5.57 Å². The molecule has 1 heterocycles. The maximum Gasteiger partial charge on any atom is 0.331 e. The molecule has 5 nitrogen and oxygen atoms in total. The molecule has 126 valence electrons. The van der Waals surface area contributed by atoms with E-state index in [9.17, 15) is 9.90 Å². The third-order valence-corrected chi connectivity index (χ3v) is 4.53. The van der Waals surface area contributed by atoms with Crippen LogP contribution in [0.15, 0.2) is 35.9 Å². The molecule has 24 heavy (non-hydrogen) atoms. The molecule has 0 atom stereocenters. The van der Waals surface area contributed by atoms with Gasteiger partial charge < -0.3 is 10.2 Å². The van der Waals surface area contributed by atoms with Gasteiger partial charge in [-0.2, -0.15) is 5.10 Å². The number of aromatic nitrogens is 2. The number of hydrogen-bond donors (Lipinski definition) is 1. The van der Waals surface area contributed by atoms with Crippen molar-refractivity contribution in [1.29, 1.82) is 0 Å². The topological polar surface area (TPSA) is 78.2 Å². The molecule has 2 aromatic rings. The van der Waals surface area contributed by atoms with E-state index in [0.717, 1.165) is 24.1 Å². The number of aliphatic carboxylic acids is 1. The van der Waals surface area contributed by atoms with E-state index in [4.69, 9.17) is 5.11 Å². The summed E-state index contributed by atoms with van der Waals surface area (Å²) in [5, 5.41) is 25.1. The predicted octanol–water partition coefficient (Wildman–Crippen LogP) is 3.62. The first-order chi connectivity index (χ1) is 11.5. The molecule has 1 saturated carbocycles. The van der Waals surface area contributed by atoms with Gasteiger partial charge >= 0.3 is 5.97 Å². The van der Waals surface area contributed by atoms with Gasteiger partial charge in [-0.1, -0.05) is 43.5 Å². The highest BCUT2D eigenvalue weighted by Gasteiger charge is 2.20. The molecular formula is C19H21N2O3-. The fraction of sp³-hybridized carbons (Fsp3) is 0.368. The molecule has 0 radical (unpaired) electrons. The number of carboxylic acids is 1. The minimum atomic E-state index is -0.945. The normalized spacial score (nSPS) is 16.3. The summed E-state index contributed by atoms with van der Waals surface area (Å²) in [6.07, 6.45) is 7.37. The average molecular weight is 325 g/mol. The van der Waals surface area contributed by atoms with E-state index in [-0.39, 0.29) is 11.3 Å². The zero-order chi connectivity index (χ0) is 17.1. The number of nitrogens with zero attached hydrogens (tertiary/aromatic N) is 2. The molecule has 0 bridgehead atoms. The Morgan fingerprint density at radius 1 is 1.25 bits per heavy atom. The Morgan fingerprint density at radius 2 is 1.92 bits per heavy atom. The third kappa shape index (κ3) is 3.50. The molecule has 1 N–H and O–H groups in total. The van der Waals surface area contributed by atoms with Crippen molar-refractivity contribution in [1.82, 2.24) is 9.78 Å². The summed E-state index contributed by atoms with van der Waals surface area (Å²) in [5.41, 5.74) is 2.76. The van der Waals surface area contributed by atoms with Crippen molar-refractivity contribution in [3.63, 3.8) is 0 Å². The maximum absolute atomic E-state index is 11.4. The fourth-order valence-electron chi connectivity index (χ4n) is 3.21. The lowest BCUT2D eigenvalue weighted by Gasteiger charge is -2.24. The van der Waals surface area contributed by atoms with E-state index in [1.807, 2.05) is 10.7 Å². The van der Waals surface area contributed by atoms with E-state index < -0.39 is 5.97 Å². The highest BCUT2D eigenvalue weighted by atomic mass is 16.4. The lowest BCUT2D eigenvalue weighted by Crippen LogP contribution is -2.15. The van der Waals surface area contributed by atoms with E-state index >= 15 is 0 Å². The molecule has 1 aromatic heterocycles. The zero-order valence-electron chi connectivity index (χ0n) is 13.7. The van der Waals surface area contributed by atoms with Crippen LogP contribution in [0.4, 0.5) is 0 Å². The average Bonchev–Trinajstić information content (AvgIpc) is 3.00. The summed E-state index contributed by atoms with van der Waals surface area (Å²) >= 11 is 0. The van der Waals surface area contributed by atoms with Crippen LogP contribution in [0.2, 0.25) is 0 Å². The van der Waals surface area contributed by atoms with Crippen molar-refractivity contribution in [3.05, 3.63) is 41.6 Å². The minimum Gasteiger partial charge on any atom is -0.872 e. The second-order valence-electron chi connectivity index (χ2n) is 6.35. The quantitative estimate of drug-likeness (QED) is 0.871. The lowest BCUT2D eigenvalue weighted by atomic mass is 9.95. The lowest BCUT2D eigenvalue weighted by molar-refractivity contribution is -0.268. The van der Waals surface area contributed by atoms with Crippen molar-refractivity contribution >= 4 is 12.0 Å². The Hall–Kier alpha value is -2.56. The second-order valence-corrected chi connectivity index (χ2v) is 6.35. The molecule has 0 amide bonds. The van der Waals surface area contributed by atoms with Crippen LogP contribution in [0.3, 0.4) is 0 Å². The first kappa shape index (κ1) is 16.3. The molecule has 0 saturated heterocycles. The Labute approximate surface area is 141 Å². The zero-order valence-corrected chi connectivity index (χ0v) is 13.7. The van der Waals surface area contributed by atoms with Crippen molar-refractivity contribution in [2.75, 3.05) is 0 Å². The molecule has 0 unspecified atom stereocenters. The van der Waals surface area contributed by atoms with Gasteiger partial charge in [0.2, 0.25) is 0 Å². The van der Waals surface area contributed by atoms with E-state index in [2.05, 4.69) is 5.10 Å². The summed E-state index contributed by atoms with van der Waals surface area (Å²) in [4.78, 5) is 11.1. The monoisotopic (exact) mass is 325 g/mol. The second kappa shape index (κ2) is 6.91. The van der Waals surface area contributed by atoms with Gasteiger partial charge in [0.05, 0.1) is 17.4 Å². The largest absolute Gasteiger partial charge is 0.872 e. The van der Waals surface area contributed by atoms with Crippen LogP contribution in [-0.4, -0.2) is 20.9 Å². The van der Waals surface area contributed by atoms with E-state index in [0.29, 0.717) is 11.7 Å². The standard InChI is InChI=1S/C19H22N2O3/c1-13(19(23)24)11-15-12-18(14-7-9-17(22)10-8-14)21(20-15)16-5-3-2-4-6-16/h7-12,16,22H,2-6H2,1H3,(H,23,24)/p-1/b13-11+. The first-order valence-corrected chi connectivity index (χ1v) is 8.33. The molecule has 1 aliphatic rings. The molecular weight excluding hydrogens is 304 g/mol. The smallest absolute Gasteiger partial charge is 0.331 e. The molecule has 0 aliphatic heterocycles. The van der Waals surface area contributed by atoms with Crippen molar-refractivity contribution in [2.45, 2.75) is 45.1 Å². The van der Waals surface area contributed by atoms with Crippen LogP contribution in [-0.2, 0) is 4.79 Å². The third-order valence-electron chi connectivity index (χ3n) is 4.53. The Bertz CT molecular complexity index is 753. The van der Waals surface area contributed by atoms with Crippen molar-refractivity contribution in [2.24, 2.45) is 0 Å². The molecule has 3 rings (SSSR count). The molecule has 5 heteroatoms. The summed E-state index contributed by atoms with van der Waals surface area (Å²) in [7, 11) is 0. The number of rotatable bonds is 4. The number of carboxylic acid groups (broad SMARTS) is 1. The molecule has 0 spiro atoms. The number of carbonyl (C=O) groups is 1. The molecule has 1 aliphatic carbocycles. The number of hydrogen-bond acceptors (Lipinski definition) is 3. The van der Waals surface area contributed by atoms with Gasteiger partial charge in [0.25, 0.3) is 0 Å². The molecule has 1 aromatic carbocycles. The van der Waals surface area contributed by atoms with Crippen LogP contribution in [0.5, 0.6) is 5.75 Å². The van der Waals surface area contributed by atoms with Gasteiger partial charge in [-0.25, -0.2) is 4.79 Å². The SMILES string of the molecule is C/C(=C\c1cc(-c2ccc([O-])cc2)n(C2CCCCC2)n1)C(=O)O.